The second kappa shape index (κ2) is 8.53. The molecule has 3 aromatic rings. The summed E-state index contributed by atoms with van der Waals surface area (Å²) in [4.78, 5) is 12.2. The number of thioether (sulfide) groups is 1. The summed E-state index contributed by atoms with van der Waals surface area (Å²) in [5, 5.41) is 15.7. The third kappa shape index (κ3) is 4.75. The SMILES string of the molecule is Cc1ccccc1Nc1nnc(SCC(=O)Nc2cccc(Cl)c2C)s1. The Morgan fingerprint density at radius 3 is 2.69 bits per heavy atom. The lowest BCUT2D eigenvalue weighted by molar-refractivity contribution is -0.113. The molecule has 0 bridgehead atoms. The van der Waals surface area contributed by atoms with Crippen molar-refractivity contribution in [3.05, 3.63) is 58.6 Å². The van der Waals surface area contributed by atoms with Crippen LogP contribution in [0.5, 0.6) is 0 Å². The van der Waals surface area contributed by atoms with Gasteiger partial charge in [-0.05, 0) is 43.2 Å². The van der Waals surface area contributed by atoms with E-state index in [0.29, 0.717) is 10.2 Å². The molecule has 0 saturated heterocycles. The van der Waals surface area contributed by atoms with E-state index in [-0.39, 0.29) is 11.7 Å². The Bertz CT molecular complexity index is 929. The average Bonchev–Trinajstić information content (AvgIpc) is 3.07. The molecular weight excluding hydrogens is 388 g/mol. The smallest absolute Gasteiger partial charge is 0.234 e. The Morgan fingerprint density at radius 1 is 1.12 bits per heavy atom. The Labute approximate surface area is 165 Å². The fourth-order valence-corrected chi connectivity index (χ4v) is 3.94. The maximum absolute atomic E-state index is 12.2. The molecule has 0 aliphatic heterocycles. The van der Waals surface area contributed by atoms with Gasteiger partial charge in [-0.25, -0.2) is 0 Å². The van der Waals surface area contributed by atoms with E-state index >= 15 is 0 Å². The normalized spacial score (nSPS) is 10.6. The maximum atomic E-state index is 12.2. The third-order valence-electron chi connectivity index (χ3n) is 3.66. The van der Waals surface area contributed by atoms with Crippen LogP contribution in [0.25, 0.3) is 0 Å². The van der Waals surface area contributed by atoms with Crippen molar-refractivity contribution in [3.63, 3.8) is 0 Å². The quantitative estimate of drug-likeness (QED) is 0.547. The first kappa shape index (κ1) is 18.7. The van der Waals surface area contributed by atoms with Gasteiger partial charge >= 0.3 is 0 Å². The first-order valence-electron chi connectivity index (χ1n) is 7.87. The Kier molecular flexibility index (Phi) is 6.13. The number of anilines is 3. The number of aromatic nitrogens is 2. The number of hydrogen-bond donors (Lipinski definition) is 2. The van der Waals surface area contributed by atoms with Gasteiger partial charge in [0.2, 0.25) is 11.0 Å². The molecule has 0 unspecified atom stereocenters. The molecular formula is C18H17ClN4OS2. The summed E-state index contributed by atoms with van der Waals surface area (Å²) in [6.45, 7) is 3.90. The Balaban J connectivity index is 1.55. The van der Waals surface area contributed by atoms with Gasteiger partial charge in [-0.1, -0.05) is 59.0 Å². The van der Waals surface area contributed by atoms with Crippen LogP contribution in [0, 0.1) is 13.8 Å². The molecule has 0 fully saturated rings. The van der Waals surface area contributed by atoms with E-state index in [0.717, 1.165) is 26.8 Å². The van der Waals surface area contributed by atoms with Gasteiger partial charge in [0.1, 0.15) is 0 Å². The number of aryl methyl sites for hydroxylation is 1. The highest BCUT2D eigenvalue weighted by molar-refractivity contribution is 8.01. The zero-order chi connectivity index (χ0) is 18.5. The van der Waals surface area contributed by atoms with Crippen LogP contribution < -0.4 is 10.6 Å². The summed E-state index contributed by atoms with van der Waals surface area (Å²) < 4.78 is 0.735. The van der Waals surface area contributed by atoms with Crippen LogP contribution in [-0.2, 0) is 4.79 Å². The molecule has 1 aromatic heterocycles. The molecule has 1 heterocycles. The van der Waals surface area contributed by atoms with Crippen LogP contribution in [-0.4, -0.2) is 21.9 Å². The minimum Gasteiger partial charge on any atom is -0.330 e. The number of para-hydroxylation sites is 1. The summed E-state index contributed by atoms with van der Waals surface area (Å²) in [6, 6.07) is 13.4. The molecule has 134 valence electrons. The predicted molar refractivity (Wildman–Crippen MR) is 110 cm³/mol. The van der Waals surface area contributed by atoms with Gasteiger partial charge in [0.05, 0.1) is 5.75 Å². The van der Waals surface area contributed by atoms with E-state index < -0.39 is 0 Å². The molecule has 0 spiro atoms. The van der Waals surface area contributed by atoms with Gasteiger partial charge < -0.3 is 10.6 Å². The van der Waals surface area contributed by atoms with E-state index in [1.165, 1.54) is 23.1 Å². The molecule has 3 rings (SSSR count). The summed E-state index contributed by atoms with van der Waals surface area (Å²) in [5.41, 5.74) is 3.71. The number of benzene rings is 2. The zero-order valence-corrected chi connectivity index (χ0v) is 16.6. The fraction of sp³-hybridized carbons (Fsp3) is 0.167. The van der Waals surface area contributed by atoms with Crippen LogP contribution in [0.3, 0.4) is 0 Å². The molecule has 1 amide bonds. The molecule has 26 heavy (non-hydrogen) atoms. The molecule has 8 heteroatoms. The lowest BCUT2D eigenvalue weighted by Gasteiger charge is -2.08. The summed E-state index contributed by atoms with van der Waals surface area (Å²) >= 11 is 8.84. The van der Waals surface area contributed by atoms with Gasteiger partial charge in [-0.2, -0.15) is 0 Å². The molecule has 0 radical (unpaired) electrons. The molecule has 2 N–H and O–H groups in total. The summed E-state index contributed by atoms with van der Waals surface area (Å²) in [6.07, 6.45) is 0. The van der Waals surface area contributed by atoms with Gasteiger partial charge in [-0.15, -0.1) is 10.2 Å². The number of halogens is 1. The van der Waals surface area contributed by atoms with Crippen LogP contribution >= 0.6 is 34.7 Å². The highest BCUT2D eigenvalue weighted by Crippen LogP contribution is 2.29. The number of amides is 1. The van der Waals surface area contributed by atoms with Crippen molar-refractivity contribution in [1.29, 1.82) is 0 Å². The fourth-order valence-electron chi connectivity index (χ4n) is 2.20. The number of hydrogen-bond acceptors (Lipinski definition) is 6. The van der Waals surface area contributed by atoms with Crippen LogP contribution in [0.1, 0.15) is 11.1 Å². The molecule has 5 nitrogen and oxygen atoms in total. The second-order valence-electron chi connectivity index (χ2n) is 5.56. The molecule has 0 saturated carbocycles. The van der Waals surface area contributed by atoms with Crippen molar-refractivity contribution in [2.75, 3.05) is 16.4 Å². The van der Waals surface area contributed by atoms with Gasteiger partial charge in [0.25, 0.3) is 0 Å². The highest BCUT2D eigenvalue weighted by Gasteiger charge is 2.11. The van der Waals surface area contributed by atoms with Crippen molar-refractivity contribution in [2.45, 2.75) is 18.2 Å². The number of carbonyl (C=O) groups excluding carboxylic acids is 1. The maximum Gasteiger partial charge on any atom is 0.234 e. The van der Waals surface area contributed by atoms with E-state index in [1.54, 1.807) is 6.07 Å². The molecule has 0 aliphatic rings. The minimum absolute atomic E-state index is 0.107. The minimum atomic E-state index is -0.107. The van der Waals surface area contributed by atoms with Crippen molar-refractivity contribution in [2.24, 2.45) is 0 Å². The van der Waals surface area contributed by atoms with Crippen molar-refractivity contribution in [3.8, 4) is 0 Å². The largest absolute Gasteiger partial charge is 0.330 e. The first-order chi connectivity index (χ1) is 12.5. The monoisotopic (exact) mass is 404 g/mol. The Morgan fingerprint density at radius 2 is 1.88 bits per heavy atom. The van der Waals surface area contributed by atoms with Crippen molar-refractivity contribution in [1.82, 2.24) is 10.2 Å². The summed E-state index contributed by atoms with van der Waals surface area (Å²) in [5.74, 6) is 0.147. The third-order valence-corrected chi connectivity index (χ3v) is 6.04. The van der Waals surface area contributed by atoms with Crippen LogP contribution in [0.15, 0.2) is 46.8 Å². The number of carbonyl (C=O) groups is 1. The predicted octanol–water partition coefficient (Wildman–Crippen LogP) is 5.28. The van der Waals surface area contributed by atoms with E-state index in [2.05, 4.69) is 20.8 Å². The average molecular weight is 405 g/mol. The number of nitrogens with one attached hydrogen (secondary N) is 2. The topological polar surface area (TPSA) is 66.9 Å². The van der Waals surface area contributed by atoms with E-state index in [9.17, 15) is 4.79 Å². The molecule has 0 atom stereocenters. The number of nitrogens with zero attached hydrogens (tertiary/aromatic N) is 2. The number of rotatable bonds is 6. The Hall–Kier alpha value is -2.09. The lowest BCUT2D eigenvalue weighted by Crippen LogP contribution is -2.14. The highest BCUT2D eigenvalue weighted by atomic mass is 35.5. The summed E-state index contributed by atoms with van der Waals surface area (Å²) in [7, 11) is 0. The van der Waals surface area contributed by atoms with Gasteiger partial charge in [0, 0.05) is 16.4 Å². The second-order valence-corrected chi connectivity index (χ2v) is 8.17. The van der Waals surface area contributed by atoms with Crippen molar-refractivity contribution < 1.29 is 4.79 Å². The van der Waals surface area contributed by atoms with E-state index in [1.807, 2.05) is 50.2 Å². The molecule has 0 aliphatic carbocycles. The van der Waals surface area contributed by atoms with Crippen LogP contribution in [0.2, 0.25) is 5.02 Å². The molecule has 2 aromatic carbocycles. The van der Waals surface area contributed by atoms with Crippen LogP contribution in [0.4, 0.5) is 16.5 Å². The first-order valence-corrected chi connectivity index (χ1v) is 10.0. The van der Waals surface area contributed by atoms with Gasteiger partial charge in [0.15, 0.2) is 4.34 Å². The zero-order valence-electron chi connectivity index (χ0n) is 14.2. The lowest BCUT2D eigenvalue weighted by atomic mass is 10.2. The van der Waals surface area contributed by atoms with Gasteiger partial charge in [-0.3, -0.25) is 4.79 Å². The van der Waals surface area contributed by atoms with E-state index in [4.69, 9.17) is 11.6 Å². The van der Waals surface area contributed by atoms with Crippen molar-refractivity contribution >= 4 is 57.1 Å². The standard InChI is InChI=1S/C18H17ClN4OS2/c1-11-6-3-4-8-14(11)21-17-22-23-18(26-17)25-10-16(24)20-15-9-5-7-13(19)12(15)2/h3-9H,10H2,1-2H3,(H,20,24)(H,21,22).